The Bertz CT molecular complexity index is 1080. The summed E-state index contributed by atoms with van der Waals surface area (Å²) >= 11 is 0. The van der Waals surface area contributed by atoms with E-state index in [9.17, 15) is 4.39 Å². The lowest BCUT2D eigenvalue weighted by atomic mass is 9.95. The van der Waals surface area contributed by atoms with Gasteiger partial charge in [0.2, 0.25) is 0 Å². The van der Waals surface area contributed by atoms with E-state index in [1.165, 1.54) is 16.7 Å². The Labute approximate surface area is 186 Å². The van der Waals surface area contributed by atoms with Gasteiger partial charge in [0.05, 0.1) is 5.69 Å². The van der Waals surface area contributed by atoms with Gasteiger partial charge in [-0.15, -0.1) is 0 Å². The first-order valence-corrected chi connectivity index (χ1v) is 11.0. The fraction of sp³-hybridized carbons (Fsp3) is 0.207. The largest absolute Gasteiger partial charge is 0.256 e. The summed E-state index contributed by atoms with van der Waals surface area (Å²) in [6.45, 7) is 16.0. The van der Waals surface area contributed by atoms with Gasteiger partial charge in [-0.25, -0.2) is 4.39 Å². The number of fused-ring (bicyclic) bond motifs is 1. The van der Waals surface area contributed by atoms with Crippen LogP contribution in [0.4, 0.5) is 4.39 Å². The summed E-state index contributed by atoms with van der Waals surface area (Å²) in [6.07, 6.45) is 9.38. The predicted molar refractivity (Wildman–Crippen MR) is 134 cm³/mol. The number of pyridine rings is 1. The number of hydrogen-bond acceptors (Lipinski definition) is 1. The molecule has 0 spiro atoms. The highest BCUT2D eigenvalue weighted by Crippen LogP contribution is 2.29. The van der Waals surface area contributed by atoms with Crippen molar-refractivity contribution in [2.24, 2.45) is 0 Å². The van der Waals surface area contributed by atoms with Crippen molar-refractivity contribution >= 4 is 17.7 Å². The summed E-state index contributed by atoms with van der Waals surface area (Å²) in [4.78, 5) is 4.32. The first kappa shape index (κ1) is 24.0. The fourth-order valence-electron chi connectivity index (χ4n) is 3.49. The molecule has 2 aromatic carbocycles. The van der Waals surface area contributed by atoms with Gasteiger partial charge in [0.15, 0.2) is 0 Å². The summed E-state index contributed by atoms with van der Waals surface area (Å²) in [5.74, 6) is -0.299. The molecule has 0 amide bonds. The van der Waals surface area contributed by atoms with E-state index in [1.54, 1.807) is 24.4 Å². The molecule has 0 saturated carbocycles. The molecule has 0 unspecified atom stereocenters. The highest BCUT2D eigenvalue weighted by molar-refractivity contribution is 5.74. The van der Waals surface area contributed by atoms with Crippen LogP contribution in [-0.2, 0) is 12.8 Å². The van der Waals surface area contributed by atoms with Gasteiger partial charge in [-0.1, -0.05) is 89.4 Å². The number of benzene rings is 2. The van der Waals surface area contributed by atoms with Gasteiger partial charge in [-0.3, -0.25) is 4.98 Å². The molecule has 1 aromatic heterocycles. The van der Waals surface area contributed by atoms with E-state index in [0.717, 1.165) is 23.1 Å². The zero-order chi connectivity index (χ0) is 22.8. The van der Waals surface area contributed by atoms with E-state index >= 15 is 0 Å². The number of halogens is 1. The van der Waals surface area contributed by atoms with Crippen molar-refractivity contribution in [2.75, 3.05) is 0 Å². The first-order chi connectivity index (χ1) is 15.2. The molecule has 0 N–H and O–H groups in total. The number of allylic oxidation sites excluding steroid dienone is 2. The van der Waals surface area contributed by atoms with Crippen molar-refractivity contribution in [1.29, 1.82) is 0 Å². The Hall–Kier alpha value is -3.26. The molecule has 31 heavy (non-hydrogen) atoms. The molecule has 3 aromatic rings. The summed E-state index contributed by atoms with van der Waals surface area (Å²) < 4.78 is 14.8. The van der Waals surface area contributed by atoms with E-state index in [0.29, 0.717) is 17.7 Å². The van der Waals surface area contributed by atoms with Crippen LogP contribution >= 0.6 is 0 Å². The second-order valence-corrected chi connectivity index (χ2v) is 6.76. The Morgan fingerprint density at radius 2 is 1.84 bits per heavy atom. The molecule has 0 saturated heterocycles. The van der Waals surface area contributed by atoms with Crippen LogP contribution in [0.3, 0.4) is 0 Å². The van der Waals surface area contributed by atoms with Gasteiger partial charge in [-0.2, -0.15) is 0 Å². The zero-order valence-corrected chi connectivity index (χ0v) is 19.1. The van der Waals surface area contributed by atoms with Gasteiger partial charge in [0.1, 0.15) is 5.82 Å². The Balaban J connectivity index is 0.000000807. The molecule has 0 radical (unpaired) electrons. The fourth-order valence-corrected chi connectivity index (χ4v) is 3.49. The number of aromatic nitrogens is 1. The molecule has 1 aliphatic carbocycles. The second kappa shape index (κ2) is 11.8. The molecule has 1 nitrogen and oxygen atoms in total. The van der Waals surface area contributed by atoms with Crippen LogP contribution in [0.5, 0.6) is 0 Å². The Kier molecular flexibility index (Phi) is 9.14. The highest BCUT2D eigenvalue weighted by atomic mass is 19.1. The Morgan fingerprint density at radius 1 is 1.06 bits per heavy atom. The summed E-state index contributed by atoms with van der Waals surface area (Å²) in [5.41, 5.74) is 7.41. The molecule has 0 atom stereocenters. The summed E-state index contributed by atoms with van der Waals surface area (Å²) in [5, 5.41) is 0. The lowest BCUT2D eigenvalue weighted by Crippen LogP contribution is -1.95. The van der Waals surface area contributed by atoms with E-state index in [2.05, 4.69) is 48.5 Å². The third-order valence-electron chi connectivity index (χ3n) is 4.95. The molecule has 4 rings (SSSR count). The molecule has 1 aliphatic rings. The summed E-state index contributed by atoms with van der Waals surface area (Å²) in [7, 11) is 0. The molecule has 1 heterocycles. The molecule has 2 heteroatoms. The maximum absolute atomic E-state index is 14.8. The van der Waals surface area contributed by atoms with Crippen molar-refractivity contribution in [3.63, 3.8) is 0 Å². The van der Waals surface area contributed by atoms with Gasteiger partial charge >= 0.3 is 0 Å². The van der Waals surface area contributed by atoms with Crippen LogP contribution in [0, 0.1) is 5.82 Å². The van der Waals surface area contributed by atoms with Crippen molar-refractivity contribution in [2.45, 2.75) is 40.5 Å². The number of nitrogens with zero attached hydrogens (tertiary/aromatic N) is 1. The maximum Gasteiger partial charge on any atom is 0.133 e. The Morgan fingerprint density at radius 3 is 2.55 bits per heavy atom. The normalized spacial score (nSPS) is 10.9. The van der Waals surface area contributed by atoms with Crippen molar-refractivity contribution < 1.29 is 4.39 Å². The third-order valence-corrected chi connectivity index (χ3v) is 4.95. The molecule has 0 bridgehead atoms. The van der Waals surface area contributed by atoms with Crippen LogP contribution in [0.2, 0.25) is 0 Å². The van der Waals surface area contributed by atoms with Crippen LogP contribution in [0.15, 0.2) is 74.0 Å². The highest BCUT2D eigenvalue weighted by Gasteiger charge is 2.12. The topological polar surface area (TPSA) is 12.9 Å². The lowest BCUT2D eigenvalue weighted by Gasteiger charge is -2.11. The second-order valence-electron chi connectivity index (χ2n) is 6.76. The lowest BCUT2D eigenvalue weighted by molar-refractivity contribution is 0.630. The van der Waals surface area contributed by atoms with Crippen LogP contribution in [0.25, 0.3) is 29.0 Å². The van der Waals surface area contributed by atoms with Gasteiger partial charge in [0.25, 0.3) is 0 Å². The minimum Gasteiger partial charge on any atom is -0.256 e. The van der Waals surface area contributed by atoms with Crippen molar-refractivity contribution in [1.82, 2.24) is 4.98 Å². The average Bonchev–Trinajstić information content (AvgIpc) is 3.29. The summed E-state index contributed by atoms with van der Waals surface area (Å²) in [6, 6.07) is 15.4. The number of hydrogen-bond donors (Lipinski definition) is 0. The SMILES string of the molecule is C=Cc1cccnc1-c1ccc(C(=C)Cc2ccc3c(c2)C=CC3)cc1F.CC.CC. The van der Waals surface area contributed by atoms with E-state index < -0.39 is 0 Å². The van der Waals surface area contributed by atoms with Crippen LogP contribution in [-0.4, -0.2) is 4.98 Å². The van der Waals surface area contributed by atoms with Gasteiger partial charge in [-0.05, 0) is 58.9 Å². The average molecular weight is 414 g/mol. The zero-order valence-electron chi connectivity index (χ0n) is 19.1. The molecule has 160 valence electrons. The van der Waals surface area contributed by atoms with Crippen molar-refractivity contribution in [3.05, 3.63) is 108 Å². The standard InChI is InChI=1S/C25H20FN.2C2H6/c1-3-19-8-5-13-27-25(19)23-12-11-21(16-24(23)26)17(2)14-18-9-10-20-6-4-7-22(20)15-18;2*1-2/h3-5,7-13,15-16H,1-2,6,14H2;2*1-2H3. The minimum atomic E-state index is -0.299. The molecular formula is C29H32FN. The third kappa shape index (κ3) is 5.67. The molecule has 0 aliphatic heterocycles. The van der Waals surface area contributed by atoms with E-state index in [4.69, 9.17) is 0 Å². The van der Waals surface area contributed by atoms with E-state index in [-0.39, 0.29) is 5.82 Å². The van der Waals surface area contributed by atoms with Crippen LogP contribution in [0.1, 0.15) is 55.5 Å². The minimum absolute atomic E-state index is 0.299. The number of rotatable bonds is 5. The van der Waals surface area contributed by atoms with Gasteiger partial charge < -0.3 is 0 Å². The maximum atomic E-state index is 14.8. The molecule has 0 fully saturated rings. The quantitative estimate of drug-likeness (QED) is 0.409. The van der Waals surface area contributed by atoms with Gasteiger partial charge in [0, 0.05) is 17.3 Å². The van der Waals surface area contributed by atoms with E-state index in [1.807, 2.05) is 45.9 Å². The predicted octanol–water partition coefficient (Wildman–Crippen LogP) is 8.41. The monoisotopic (exact) mass is 413 g/mol. The smallest absolute Gasteiger partial charge is 0.133 e. The van der Waals surface area contributed by atoms with Crippen molar-refractivity contribution in [3.8, 4) is 11.3 Å². The first-order valence-electron chi connectivity index (χ1n) is 11.0. The molecular weight excluding hydrogens is 381 g/mol. The van der Waals surface area contributed by atoms with Crippen LogP contribution < -0.4 is 0 Å².